The minimum absolute atomic E-state index is 1.60. The first-order valence-electron chi connectivity index (χ1n) is 3.31. The fraction of sp³-hybridized carbons (Fsp3) is 0.375. The summed E-state index contributed by atoms with van der Waals surface area (Å²) in [5.41, 5.74) is 0. The third-order valence-corrected chi connectivity index (χ3v) is 0.618. The standard InChI is InChI=1S/C6H10N2.C2H6/c1-4-6-7-8(3)5-2;1-2/h4-6H,1-2H2,3H3;1-2H3/b7-6-;. The van der Waals surface area contributed by atoms with E-state index in [2.05, 4.69) is 18.3 Å². The minimum atomic E-state index is 1.60. The highest BCUT2D eigenvalue weighted by Crippen LogP contribution is 1.78. The summed E-state index contributed by atoms with van der Waals surface area (Å²) in [5, 5.41) is 5.43. The van der Waals surface area contributed by atoms with E-state index >= 15 is 0 Å². The summed E-state index contributed by atoms with van der Waals surface area (Å²) in [6.45, 7) is 10.9. The number of hydrogen-bond acceptors (Lipinski definition) is 2. The molecule has 0 aromatic carbocycles. The van der Waals surface area contributed by atoms with Crippen molar-refractivity contribution in [1.29, 1.82) is 0 Å². The molecule has 0 saturated heterocycles. The zero-order chi connectivity index (χ0) is 8.41. The molecule has 2 heteroatoms. The highest BCUT2D eigenvalue weighted by Gasteiger charge is 1.73. The van der Waals surface area contributed by atoms with Gasteiger partial charge in [0, 0.05) is 19.5 Å². The molecule has 58 valence electrons. The van der Waals surface area contributed by atoms with Gasteiger partial charge in [-0.15, -0.1) is 0 Å². The van der Waals surface area contributed by atoms with Gasteiger partial charge in [-0.3, -0.25) is 5.01 Å². The van der Waals surface area contributed by atoms with E-state index in [9.17, 15) is 0 Å². The van der Waals surface area contributed by atoms with Crippen molar-refractivity contribution >= 4 is 6.21 Å². The van der Waals surface area contributed by atoms with Gasteiger partial charge in [-0.05, 0) is 6.08 Å². The maximum absolute atomic E-state index is 3.83. The number of hydrogen-bond donors (Lipinski definition) is 0. The Morgan fingerprint density at radius 2 is 1.80 bits per heavy atom. The maximum Gasteiger partial charge on any atom is 0.0468 e. The summed E-state index contributed by atoms with van der Waals surface area (Å²) >= 11 is 0. The molecule has 0 saturated carbocycles. The second-order valence-electron chi connectivity index (χ2n) is 1.26. The van der Waals surface area contributed by atoms with Crippen LogP contribution >= 0.6 is 0 Å². The molecule has 0 N–H and O–H groups in total. The van der Waals surface area contributed by atoms with Gasteiger partial charge in [0.15, 0.2) is 0 Å². The number of hydrazone groups is 1. The SMILES string of the molecule is C=C/C=N\N(C)C=C.CC. The highest BCUT2D eigenvalue weighted by molar-refractivity contribution is 5.69. The fourth-order valence-electron chi connectivity index (χ4n) is 0.199. The second kappa shape index (κ2) is 10.8. The summed E-state index contributed by atoms with van der Waals surface area (Å²) in [5.74, 6) is 0. The molecule has 0 aromatic heterocycles. The van der Waals surface area contributed by atoms with E-state index in [1.165, 1.54) is 0 Å². The lowest BCUT2D eigenvalue weighted by Gasteiger charge is -2.01. The molecule has 10 heavy (non-hydrogen) atoms. The van der Waals surface area contributed by atoms with E-state index in [1.807, 2.05) is 13.8 Å². The molecule has 0 atom stereocenters. The van der Waals surface area contributed by atoms with Gasteiger partial charge in [-0.2, -0.15) is 5.10 Å². The first-order chi connectivity index (χ1) is 4.81. The number of allylic oxidation sites excluding steroid dienone is 1. The van der Waals surface area contributed by atoms with Crippen LogP contribution < -0.4 is 0 Å². The molecule has 0 amide bonds. The largest absolute Gasteiger partial charge is 0.276 e. The van der Waals surface area contributed by atoms with E-state index in [0.717, 1.165) is 0 Å². The second-order valence-corrected chi connectivity index (χ2v) is 1.26. The maximum atomic E-state index is 3.83. The Bertz CT molecular complexity index is 106. The predicted octanol–water partition coefficient (Wildman–Crippen LogP) is 2.26. The molecular formula is C8H16N2. The van der Waals surface area contributed by atoms with Gasteiger partial charge in [-0.25, -0.2) is 0 Å². The third-order valence-electron chi connectivity index (χ3n) is 0.618. The van der Waals surface area contributed by atoms with Gasteiger partial charge in [0.05, 0.1) is 0 Å². The summed E-state index contributed by atoms with van der Waals surface area (Å²) < 4.78 is 0. The Morgan fingerprint density at radius 3 is 2.10 bits per heavy atom. The van der Waals surface area contributed by atoms with Crippen LogP contribution in [-0.4, -0.2) is 18.3 Å². The molecule has 0 spiro atoms. The van der Waals surface area contributed by atoms with Gasteiger partial charge in [0.25, 0.3) is 0 Å². The predicted molar refractivity (Wildman–Crippen MR) is 48.0 cm³/mol. The van der Waals surface area contributed by atoms with E-state index in [-0.39, 0.29) is 0 Å². The van der Waals surface area contributed by atoms with Crippen LogP contribution in [0, 0.1) is 0 Å². The molecule has 0 rings (SSSR count). The van der Waals surface area contributed by atoms with Gasteiger partial charge in [0.2, 0.25) is 0 Å². The molecule has 0 radical (unpaired) electrons. The number of nitrogens with zero attached hydrogens (tertiary/aromatic N) is 2. The van der Waals surface area contributed by atoms with E-state index in [1.54, 1.807) is 30.5 Å². The molecule has 0 heterocycles. The first-order valence-corrected chi connectivity index (χ1v) is 3.31. The first kappa shape index (κ1) is 11.7. The molecule has 0 bridgehead atoms. The van der Waals surface area contributed by atoms with Crippen LogP contribution in [0.2, 0.25) is 0 Å². The molecule has 0 aliphatic carbocycles. The summed E-state index contributed by atoms with van der Waals surface area (Å²) in [7, 11) is 1.80. The van der Waals surface area contributed by atoms with E-state index < -0.39 is 0 Å². The molecular weight excluding hydrogens is 124 g/mol. The van der Waals surface area contributed by atoms with Crippen LogP contribution in [-0.2, 0) is 0 Å². The van der Waals surface area contributed by atoms with Gasteiger partial charge >= 0.3 is 0 Å². The van der Waals surface area contributed by atoms with E-state index in [4.69, 9.17) is 0 Å². The lowest BCUT2D eigenvalue weighted by atomic mass is 10.7. The smallest absolute Gasteiger partial charge is 0.0468 e. The average molecular weight is 140 g/mol. The Kier molecular flexibility index (Phi) is 12.7. The third kappa shape index (κ3) is 10.0. The van der Waals surface area contributed by atoms with Crippen molar-refractivity contribution in [2.45, 2.75) is 13.8 Å². The quantitative estimate of drug-likeness (QED) is 0.433. The highest BCUT2D eigenvalue weighted by atomic mass is 15.4. The fourth-order valence-corrected chi connectivity index (χ4v) is 0.199. The Balaban J connectivity index is 0. The van der Waals surface area contributed by atoms with Crippen molar-refractivity contribution in [1.82, 2.24) is 5.01 Å². The number of rotatable bonds is 3. The Labute approximate surface area is 63.5 Å². The van der Waals surface area contributed by atoms with Crippen LogP contribution in [0.5, 0.6) is 0 Å². The van der Waals surface area contributed by atoms with Crippen molar-refractivity contribution in [2.75, 3.05) is 7.05 Å². The lowest BCUT2D eigenvalue weighted by Crippen LogP contribution is -1.98. The van der Waals surface area contributed by atoms with Crippen LogP contribution in [0.15, 0.2) is 30.5 Å². The average Bonchev–Trinajstić information content (AvgIpc) is 2.04. The molecule has 0 aromatic rings. The normalized spacial score (nSPS) is 7.90. The lowest BCUT2D eigenvalue weighted by molar-refractivity contribution is 0.495. The van der Waals surface area contributed by atoms with Crippen molar-refractivity contribution < 1.29 is 0 Å². The van der Waals surface area contributed by atoms with Crippen molar-refractivity contribution in [3.63, 3.8) is 0 Å². The van der Waals surface area contributed by atoms with Crippen molar-refractivity contribution in [3.05, 3.63) is 25.4 Å². The summed E-state index contributed by atoms with van der Waals surface area (Å²) in [4.78, 5) is 0. The zero-order valence-electron chi connectivity index (χ0n) is 7.04. The monoisotopic (exact) mass is 140 g/mol. The summed E-state index contributed by atoms with van der Waals surface area (Å²) in [6.07, 6.45) is 4.82. The summed E-state index contributed by atoms with van der Waals surface area (Å²) in [6, 6.07) is 0. The van der Waals surface area contributed by atoms with Gasteiger partial charge in [-0.1, -0.05) is 27.0 Å². The molecule has 0 fully saturated rings. The minimum Gasteiger partial charge on any atom is -0.276 e. The molecule has 0 unspecified atom stereocenters. The van der Waals surface area contributed by atoms with Crippen LogP contribution in [0.3, 0.4) is 0 Å². The van der Waals surface area contributed by atoms with Crippen LogP contribution in [0.1, 0.15) is 13.8 Å². The Morgan fingerprint density at radius 1 is 1.30 bits per heavy atom. The van der Waals surface area contributed by atoms with Crippen molar-refractivity contribution in [2.24, 2.45) is 5.10 Å². The Hall–Kier alpha value is -1.05. The topological polar surface area (TPSA) is 15.6 Å². The van der Waals surface area contributed by atoms with E-state index in [0.29, 0.717) is 0 Å². The molecule has 0 aliphatic rings. The van der Waals surface area contributed by atoms with Crippen molar-refractivity contribution in [3.8, 4) is 0 Å². The van der Waals surface area contributed by atoms with Gasteiger partial charge < -0.3 is 0 Å². The zero-order valence-corrected chi connectivity index (χ0v) is 7.04. The van der Waals surface area contributed by atoms with Crippen LogP contribution in [0.25, 0.3) is 0 Å². The molecule has 0 aliphatic heterocycles. The molecule has 2 nitrogen and oxygen atoms in total. The van der Waals surface area contributed by atoms with Crippen LogP contribution in [0.4, 0.5) is 0 Å². The van der Waals surface area contributed by atoms with Gasteiger partial charge in [0.1, 0.15) is 0 Å².